The molecule has 0 fully saturated rings. The highest BCUT2D eigenvalue weighted by Crippen LogP contribution is 2.07. The summed E-state index contributed by atoms with van der Waals surface area (Å²) in [6.07, 6.45) is 2.92. The van der Waals surface area contributed by atoms with Crippen LogP contribution in [0.15, 0.2) is 71.5 Å². The van der Waals surface area contributed by atoms with Gasteiger partial charge < -0.3 is 0 Å². The quantitative estimate of drug-likeness (QED) is 0.759. The molecule has 0 aliphatic carbocycles. The second kappa shape index (κ2) is 8.08. The molecule has 0 heterocycles. The molecule has 24 heavy (non-hydrogen) atoms. The maximum absolute atomic E-state index is 11.9. The molecule has 0 aromatic heterocycles. The van der Waals surface area contributed by atoms with E-state index in [2.05, 4.69) is 0 Å². The molecular weight excluding hydrogens is 344 g/mol. The number of hydrogen-bond donors (Lipinski definition) is 0. The standard InChI is InChI=1S/C18H18O4S2/c19-23(20,13-11-17-7-3-1-4-8-17)15-16-24(21,22)14-12-18-9-5-2-6-10-18/h1-14H,15-16H2. The Balaban J connectivity index is 1.98. The summed E-state index contributed by atoms with van der Waals surface area (Å²) in [7, 11) is -7.18. The molecule has 2 rings (SSSR count). The van der Waals surface area contributed by atoms with Gasteiger partial charge in [0.25, 0.3) is 0 Å². The smallest absolute Gasteiger partial charge is 0.172 e. The third kappa shape index (κ3) is 6.52. The van der Waals surface area contributed by atoms with Gasteiger partial charge in [0.1, 0.15) is 0 Å². The van der Waals surface area contributed by atoms with Crippen LogP contribution in [0.3, 0.4) is 0 Å². The fourth-order valence-electron chi connectivity index (χ4n) is 1.86. The SMILES string of the molecule is O=S(=O)(C=Cc1ccccc1)CCS(=O)(=O)C=Cc1ccccc1. The molecule has 6 heteroatoms. The largest absolute Gasteiger partial charge is 0.224 e. The molecule has 0 N–H and O–H groups in total. The van der Waals surface area contributed by atoms with E-state index < -0.39 is 31.2 Å². The minimum atomic E-state index is -3.59. The lowest BCUT2D eigenvalue weighted by molar-refractivity contribution is 0.597. The van der Waals surface area contributed by atoms with Crippen molar-refractivity contribution >= 4 is 31.8 Å². The van der Waals surface area contributed by atoms with E-state index >= 15 is 0 Å². The van der Waals surface area contributed by atoms with Crippen LogP contribution < -0.4 is 0 Å². The summed E-state index contributed by atoms with van der Waals surface area (Å²) >= 11 is 0. The lowest BCUT2D eigenvalue weighted by atomic mass is 10.2. The van der Waals surface area contributed by atoms with E-state index in [4.69, 9.17) is 0 Å². The van der Waals surface area contributed by atoms with Crippen LogP contribution >= 0.6 is 0 Å². The first-order valence-electron chi connectivity index (χ1n) is 7.28. The number of benzene rings is 2. The molecule has 0 atom stereocenters. The molecule has 2 aromatic rings. The van der Waals surface area contributed by atoms with Crippen molar-refractivity contribution in [1.82, 2.24) is 0 Å². The highest BCUT2D eigenvalue weighted by Gasteiger charge is 2.13. The van der Waals surface area contributed by atoms with E-state index in [0.717, 1.165) is 21.9 Å². The molecule has 126 valence electrons. The third-order valence-corrected chi connectivity index (χ3v) is 6.09. The van der Waals surface area contributed by atoms with Crippen molar-refractivity contribution in [3.63, 3.8) is 0 Å². The van der Waals surface area contributed by atoms with Crippen molar-refractivity contribution < 1.29 is 16.8 Å². The normalized spacial score (nSPS) is 12.8. The molecule has 2 aromatic carbocycles. The Morgan fingerprint density at radius 2 is 0.917 bits per heavy atom. The first-order valence-corrected chi connectivity index (χ1v) is 10.7. The molecule has 0 radical (unpaired) electrons. The van der Waals surface area contributed by atoms with Crippen LogP contribution in [0, 0.1) is 0 Å². The zero-order chi connectivity index (χ0) is 17.5. The average molecular weight is 362 g/mol. The minimum absolute atomic E-state index is 0.447. The van der Waals surface area contributed by atoms with E-state index in [0.29, 0.717) is 0 Å². The van der Waals surface area contributed by atoms with Crippen molar-refractivity contribution in [1.29, 1.82) is 0 Å². The van der Waals surface area contributed by atoms with Crippen LogP contribution in [-0.2, 0) is 19.7 Å². The molecule has 4 nitrogen and oxygen atoms in total. The summed E-state index contributed by atoms with van der Waals surface area (Å²) in [6.45, 7) is 0. The third-order valence-electron chi connectivity index (χ3n) is 3.19. The Kier molecular flexibility index (Phi) is 6.11. The Morgan fingerprint density at radius 3 is 1.25 bits per heavy atom. The zero-order valence-electron chi connectivity index (χ0n) is 12.9. The van der Waals surface area contributed by atoms with Crippen LogP contribution in [0.2, 0.25) is 0 Å². The molecule has 0 saturated heterocycles. The van der Waals surface area contributed by atoms with Gasteiger partial charge in [-0.25, -0.2) is 16.8 Å². The summed E-state index contributed by atoms with van der Waals surface area (Å²) < 4.78 is 47.8. The van der Waals surface area contributed by atoms with Crippen LogP contribution in [0.4, 0.5) is 0 Å². The molecule has 0 aliphatic rings. The molecule has 0 spiro atoms. The van der Waals surface area contributed by atoms with Crippen molar-refractivity contribution in [2.45, 2.75) is 0 Å². The monoisotopic (exact) mass is 362 g/mol. The van der Waals surface area contributed by atoms with E-state index in [-0.39, 0.29) is 0 Å². The van der Waals surface area contributed by atoms with Gasteiger partial charge in [0.2, 0.25) is 0 Å². The summed E-state index contributed by atoms with van der Waals surface area (Å²) in [4.78, 5) is 0. The van der Waals surface area contributed by atoms with Crippen LogP contribution in [0.25, 0.3) is 12.2 Å². The van der Waals surface area contributed by atoms with Gasteiger partial charge in [-0.15, -0.1) is 0 Å². The lowest BCUT2D eigenvalue weighted by Gasteiger charge is -1.99. The predicted octanol–water partition coefficient (Wildman–Crippen LogP) is 3.16. The fourth-order valence-corrected chi connectivity index (χ4v) is 4.72. The van der Waals surface area contributed by atoms with Gasteiger partial charge in [-0.3, -0.25) is 0 Å². The van der Waals surface area contributed by atoms with Gasteiger partial charge >= 0.3 is 0 Å². The van der Waals surface area contributed by atoms with Crippen molar-refractivity contribution in [2.75, 3.05) is 11.5 Å². The fraction of sp³-hybridized carbons (Fsp3) is 0.111. The first-order chi connectivity index (χ1) is 11.4. The van der Waals surface area contributed by atoms with Crippen molar-refractivity contribution in [3.05, 3.63) is 82.6 Å². The summed E-state index contributed by atoms with van der Waals surface area (Å²) in [5.41, 5.74) is 1.49. The maximum atomic E-state index is 11.9. The summed E-state index contributed by atoms with van der Waals surface area (Å²) in [6, 6.07) is 17.9. The number of rotatable bonds is 7. The van der Waals surface area contributed by atoms with E-state index in [1.165, 1.54) is 12.2 Å². The van der Waals surface area contributed by atoms with Crippen LogP contribution in [-0.4, -0.2) is 28.3 Å². The molecular formula is C18H18O4S2. The van der Waals surface area contributed by atoms with Gasteiger partial charge in [-0.05, 0) is 23.3 Å². The van der Waals surface area contributed by atoms with Crippen LogP contribution in [0.1, 0.15) is 11.1 Å². The maximum Gasteiger partial charge on any atom is 0.172 e. The molecule has 0 unspecified atom stereocenters. The van der Waals surface area contributed by atoms with E-state index in [9.17, 15) is 16.8 Å². The molecule has 0 amide bonds. The summed E-state index contributed by atoms with van der Waals surface area (Å²) in [5, 5.41) is 2.11. The van der Waals surface area contributed by atoms with Gasteiger partial charge in [0.05, 0.1) is 11.5 Å². The molecule has 0 bridgehead atoms. The highest BCUT2D eigenvalue weighted by molar-refractivity contribution is 7.98. The van der Waals surface area contributed by atoms with Gasteiger partial charge in [0.15, 0.2) is 19.7 Å². The lowest BCUT2D eigenvalue weighted by Crippen LogP contribution is -2.13. The highest BCUT2D eigenvalue weighted by atomic mass is 32.2. The van der Waals surface area contributed by atoms with Crippen molar-refractivity contribution in [3.8, 4) is 0 Å². The Hall–Kier alpha value is -2.18. The Bertz CT molecular complexity index is 832. The first kappa shape index (κ1) is 18.2. The Labute approximate surface area is 143 Å². The Morgan fingerprint density at radius 1 is 0.583 bits per heavy atom. The number of hydrogen-bond acceptors (Lipinski definition) is 4. The molecule has 0 saturated carbocycles. The van der Waals surface area contributed by atoms with E-state index in [1.54, 1.807) is 48.5 Å². The van der Waals surface area contributed by atoms with Gasteiger partial charge in [-0.2, -0.15) is 0 Å². The number of sulfone groups is 2. The van der Waals surface area contributed by atoms with Crippen molar-refractivity contribution in [2.24, 2.45) is 0 Å². The topological polar surface area (TPSA) is 68.3 Å². The average Bonchev–Trinajstić information content (AvgIpc) is 2.59. The molecule has 0 aliphatic heterocycles. The zero-order valence-corrected chi connectivity index (χ0v) is 14.6. The van der Waals surface area contributed by atoms with Crippen LogP contribution in [0.5, 0.6) is 0 Å². The van der Waals surface area contributed by atoms with Gasteiger partial charge in [-0.1, -0.05) is 60.7 Å². The second-order valence-electron chi connectivity index (χ2n) is 5.16. The summed E-state index contributed by atoms with van der Waals surface area (Å²) in [5.74, 6) is -0.893. The second-order valence-corrected chi connectivity index (χ2v) is 9.17. The minimum Gasteiger partial charge on any atom is -0.224 e. The predicted molar refractivity (Wildman–Crippen MR) is 98.5 cm³/mol. The van der Waals surface area contributed by atoms with E-state index in [1.807, 2.05) is 12.1 Å². The van der Waals surface area contributed by atoms with Gasteiger partial charge in [0, 0.05) is 10.8 Å².